The molecule has 13 heavy (non-hydrogen) atoms. The van der Waals surface area contributed by atoms with Gasteiger partial charge in [-0.2, -0.15) is 0 Å². The molecule has 0 radical (unpaired) electrons. The second-order valence-corrected chi connectivity index (χ2v) is 6.43. The molecular weight excluding hydrogens is 235 g/mol. The maximum absolute atomic E-state index is 11.1. The van der Waals surface area contributed by atoms with Crippen LogP contribution in [-0.4, -0.2) is 18.9 Å². The fourth-order valence-corrected chi connectivity index (χ4v) is 3.77. The van der Waals surface area contributed by atoms with E-state index >= 15 is 0 Å². The first-order valence-corrected chi connectivity index (χ1v) is 6.81. The predicted octanol–water partition coefficient (Wildman–Crippen LogP) is 1.88. The van der Waals surface area contributed by atoms with E-state index in [1.54, 1.807) is 0 Å². The molecule has 0 aliphatic heterocycles. The topological polar surface area (TPSA) is 51.2 Å². The van der Waals surface area contributed by atoms with Crippen molar-refractivity contribution in [2.24, 2.45) is 5.92 Å². The summed E-state index contributed by atoms with van der Waals surface area (Å²) in [5, 5.41) is -1.37. The Morgan fingerprint density at radius 1 is 1.23 bits per heavy atom. The standard InChI is InChI=1S/C7H10Cl2O3S/c8-7(10)5-3-1-2-4-6(5)13(9,11)12/h5-6H,1-4H2. The lowest BCUT2D eigenvalue weighted by Crippen LogP contribution is -2.33. The van der Waals surface area contributed by atoms with Crippen LogP contribution in [0.15, 0.2) is 0 Å². The first-order valence-electron chi connectivity index (χ1n) is 4.05. The molecule has 0 heterocycles. The van der Waals surface area contributed by atoms with Crippen molar-refractivity contribution in [3.8, 4) is 0 Å². The summed E-state index contributed by atoms with van der Waals surface area (Å²) in [7, 11) is 1.56. The fourth-order valence-electron chi connectivity index (χ4n) is 1.69. The van der Waals surface area contributed by atoms with Crippen LogP contribution in [0.2, 0.25) is 0 Å². The molecule has 1 aliphatic carbocycles. The Balaban J connectivity index is 2.86. The number of hydrogen-bond donors (Lipinski definition) is 0. The molecule has 0 spiro atoms. The van der Waals surface area contributed by atoms with E-state index in [9.17, 15) is 13.2 Å². The Morgan fingerprint density at radius 3 is 2.15 bits per heavy atom. The maximum Gasteiger partial charge on any atom is 0.236 e. The molecule has 1 fully saturated rings. The van der Waals surface area contributed by atoms with Gasteiger partial charge < -0.3 is 0 Å². The van der Waals surface area contributed by atoms with Gasteiger partial charge in [-0.3, -0.25) is 4.79 Å². The molecule has 6 heteroatoms. The lowest BCUT2D eigenvalue weighted by molar-refractivity contribution is -0.115. The first-order chi connectivity index (χ1) is 5.93. The number of carbonyl (C=O) groups excluding carboxylic acids is 1. The van der Waals surface area contributed by atoms with E-state index in [1.165, 1.54) is 0 Å². The smallest absolute Gasteiger partial charge is 0.236 e. The van der Waals surface area contributed by atoms with Crippen molar-refractivity contribution in [2.75, 3.05) is 0 Å². The summed E-state index contributed by atoms with van der Waals surface area (Å²) in [5.41, 5.74) is 0. The zero-order valence-electron chi connectivity index (χ0n) is 6.87. The summed E-state index contributed by atoms with van der Waals surface area (Å²) in [4.78, 5) is 10.9. The van der Waals surface area contributed by atoms with Gasteiger partial charge in [0.1, 0.15) is 0 Å². The highest BCUT2D eigenvalue weighted by Gasteiger charge is 2.37. The minimum Gasteiger partial charge on any atom is -0.281 e. The molecule has 2 unspecified atom stereocenters. The minimum absolute atomic E-state index is 0.439. The van der Waals surface area contributed by atoms with E-state index in [0.29, 0.717) is 12.8 Å². The molecule has 3 nitrogen and oxygen atoms in total. The van der Waals surface area contributed by atoms with Crippen LogP contribution in [0.3, 0.4) is 0 Å². The summed E-state index contributed by atoms with van der Waals surface area (Å²) in [6.07, 6.45) is 2.59. The highest BCUT2D eigenvalue weighted by atomic mass is 35.7. The molecule has 0 saturated heterocycles. The summed E-state index contributed by atoms with van der Waals surface area (Å²) >= 11 is 5.30. The molecule has 0 aromatic carbocycles. The Hall–Kier alpha value is 0.200. The molecule has 1 aliphatic rings. The van der Waals surface area contributed by atoms with Crippen LogP contribution in [0, 0.1) is 5.92 Å². The molecule has 76 valence electrons. The highest BCUT2D eigenvalue weighted by molar-refractivity contribution is 8.14. The average molecular weight is 245 g/mol. The van der Waals surface area contributed by atoms with Gasteiger partial charge in [-0.25, -0.2) is 8.42 Å². The SMILES string of the molecule is O=C(Cl)C1CCCCC1S(=O)(=O)Cl. The van der Waals surface area contributed by atoms with E-state index in [0.717, 1.165) is 12.8 Å². The third-order valence-electron chi connectivity index (χ3n) is 2.36. The summed E-state index contributed by atoms with van der Waals surface area (Å²) < 4.78 is 22.1. The van der Waals surface area contributed by atoms with Gasteiger partial charge in [0.15, 0.2) is 0 Å². The van der Waals surface area contributed by atoms with E-state index in [2.05, 4.69) is 0 Å². The van der Waals surface area contributed by atoms with E-state index in [-0.39, 0.29) is 0 Å². The van der Waals surface area contributed by atoms with Crippen LogP contribution in [0.25, 0.3) is 0 Å². The van der Waals surface area contributed by atoms with Crippen molar-refractivity contribution in [3.63, 3.8) is 0 Å². The second-order valence-electron chi connectivity index (χ2n) is 3.21. The van der Waals surface area contributed by atoms with Gasteiger partial charge in [-0.15, -0.1) is 0 Å². The van der Waals surface area contributed by atoms with Crippen molar-refractivity contribution < 1.29 is 13.2 Å². The van der Waals surface area contributed by atoms with Crippen molar-refractivity contribution in [1.82, 2.24) is 0 Å². The maximum atomic E-state index is 11.1. The van der Waals surface area contributed by atoms with Crippen molar-refractivity contribution in [1.29, 1.82) is 0 Å². The molecule has 2 atom stereocenters. The molecule has 0 N–H and O–H groups in total. The van der Waals surface area contributed by atoms with Crippen LogP contribution < -0.4 is 0 Å². The molecule has 0 amide bonds. The Kier molecular flexibility index (Phi) is 3.60. The third-order valence-corrected chi connectivity index (χ3v) is 4.61. The van der Waals surface area contributed by atoms with Gasteiger partial charge in [0.2, 0.25) is 14.3 Å². The third kappa shape index (κ3) is 2.82. The largest absolute Gasteiger partial charge is 0.281 e. The minimum atomic E-state index is -3.65. The van der Waals surface area contributed by atoms with Crippen LogP contribution in [0.5, 0.6) is 0 Å². The monoisotopic (exact) mass is 244 g/mol. The Labute approximate surface area is 86.8 Å². The molecule has 0 aromatic heterocycles. The quantitative estimate of drug-likeness (QED) is 0.698. The summed E-state index contributed by atoms with van der Waals surface area (Å²) in [6.45, 7) is 0. The second kappa shape index (κ2) is 4.15. The van der Waals surface area contributed by atoms with Gasteiger partial charge >= 0.3 is 0 Å². The Morgan fingerprint density at radius 2 is 1.77 bits per heavy atom. The van der Waals surface area contributed by atoms with E-state index < -0.39 is 25.5 Å². The van der Waals surface area contributed by atoms with Gasteiger partial charge in [0, 0.05) is 10.7 Å². The van der Waals surface area contributed by atoms with E-state index in [1.807, 2.05) is 0 Å². The molecular formula is C7H10Cl2O3S. The van der Waals surface area contributed by atoms with Crippen LogP contribution in [0.4, 0.5) is 0 Å². The van der Waals surface area contributed by atoms with Crippen molar-refractivity contribution in [3.05, 3.63) is 0 Å². The lowest BCUT2D eigenvalue weighted by atomic mass is 9.90. The summed E-state index contributed by atoms with van der Waals surface area (Å²) in [5.74, 6) is -0.613. The highest BCUT2D eigenvalue weighted by Crippen LogP contribution is 2.32. The number of rotatable bonds is 2. The zero-order valence-corrected chi connectivity index (χ0v) is 9.20. The Bertz CT molecular complexity index is 299. The molecule has 1 rings (SSSR count). The van der Waals surface area contributed by atoms with Crippen molar-refractivity contribution in [2.45, 2.75) is 30.9 Å². The molecule has 0 bridgehead atoms. The summed E-state index contributed by atoms with van der Waals surface area (Å²) in [6, 6.07) is 0. The van der Waals surface area contributed by atoms with Crippen LogP contribution in [-0.2, 0) is 13.8 Å². The van der Waals surface area contributed by atoms with Gasteiger partial charge in [0.25, 0.3) is 0 Å². The van der Waals surface area contributed by atoms with Gasteiger partial charge in [0.05, 0.1) is 11.2 Å². The number of hydrogen-bond acceptors (Lipinski definition) is 3. The predicted molar refractivity (Wildman–Crippen MR) is 51.4 cm³/mol. The normalized spacial score (nSPS) is 30.0. The van der Waals surface area contributed by atoms with E-state index in [4.69, 9.17) is 22.3 Å². The first kappa shape index (κ1) is 11.3. The van der Waals surface area contributed by atoms with Crippen LogP contribution in [0.1, 0.15) is 25.7 Å². The molecule has 1 saturated carbocycles. The van der Waals surface area contributed by atoms with Crippen molar-refractivity contribution >= 4 is 36.6 Å². The van der Waals surface area contributed by atoms with Gasteiger partial charge in [-0.05, 0) is 24.4 Å². The van der Waals surface area contributed by atoms with Gasteiger partial charge in [-0.1, -0.05) is 12.8 Å². The zero-order chi connectivity index (χ0) is 10.1. The molecule has 0 aromatic rings. The van der Waals surface area contributed by atoms with Crippen LogP contribution >= 0.6 is 22.3 Å². The average Bonchev–Trinajstić information content (AvgIpc) is 2.03. The number of halogens is 2. The lowest BCUT2D eigenvalue weighted by Gasteiger charge is -2.25. The number of carbonyl (C=O) groups is 1. The fraction of sp³-hybridized carbons (Fsp3) is 0.857.